The Bertz CT molecular complexity index is 1220. The molecule has 222 valence electrons. The first-order chi connectivity index (χ1) is 19.7. The van der Waals surface area contributed by atoms with Crippen molar-refractivity contribution in [3.63, 3.8) is 0 Å². The van der Waals surface area contributed by atoms with Gasteiger partial charge in [-0.2, -0.15) is 0 Å². The molecule has 41 heavy (non-hydrogen) atoms. The average Bonchev–Trinajstić information content (AvgIpc) is 3.58. The van der Waals surface area contributed by atoms with Crippen LogP contribution in [0.1, 0.15) is 64.9 Å². The predicted molar refractivity (Wildman–Crippen MR) is 158 cm³/mol. The second kappa shape index (κ2) is 11.2. The third-order valence-corrected chi connectivity index (χ3v) is 10.8. The molecule has 1 aliphatic carbocycles. The number of benzene rings is 1. The third-order valence-electron chi connectivity index (χ3n) is 10.8. The number of hydrogen-bond donors (Lipinski definition) is 2. The Labute approximate surface area is 244 Å². The Morgan fingerprint density at radius 3 is 2.66 bits per heavy atom. The van der Waals surface area contributed by atoms with Crippen molar-refractivity contribution in [2.75, 3.05) is 25.0 Å². The van der Waals surface area contributed by atoms with Gasteiger partial charge in [0.1, 0.15) is 11.6 Å². The van der Waals surface area contributed by atoms with Crippen LogP contribution in [0, 0.1) is 30.6 Å². The molecular formula is C33H46N4O4. The van der Waals surface area contributed by atoms with Crippen molar-refractivity contribution in [3.05, 3.63) is 42.0 Å². The minimum atomic E-state index is -1.13. The highest BCUT2D eigenvalue weighted by Gasteiger charge is 2.72. The lowest BCUT2D eigenvalue weighted by molar-refractivity contribution is -0.142. The summed E-state index contributed by atoms with van der Waals surface area (Å²) in [5.74, 6) is -1.03. The molecule has 9 atom stereocenters. The summed E-state index contributed by atoms with van der Waals surface area (Å²) < 4.78 is 6.55. The van der Waals surface area contributed by atoms with E-state index in [2.05, 4.69) is 36.3 Å². The molecular weight excluding hydrogens is 516 g/mol. The van der Waals surface area contributed by atoms with Gasteiger partial charge in [-0.1, -0.05) is 57.4 Å². The van der Waals surface area contributed by atoms with Crippen molar-refractivity contribution in [1.29, 1.82) is 0 Å². The number of ether oxygens (including phenoxy) is 1. The molecule has 8 heteroatoms. The van der Waals surface area contributed by atoms with Gasteiger partial charge in [-0.05, 0) is 69.2 Å². The normalized spacial score (nSPS) is 38.2. The number of amides is 3. The van der Waals surface area contributed by atoms with Crippen LogP contribution in [0.4, 0.5) is 5.69 Å². The zero-order valence-electron chi connectivity index (χ0n) is 25.0. The second-order valence-electron chi connectivity index (χ2n) is 13.4. The number of piperidine rings is 1. The third kappa shape index (κ3) is 5.01. The van der Waals surface area contributed by atoms with Gasteiger partial charge in [0.15, 0.2) is 0 Å². The zero-order chi connectivity index (χ0) is 28.9. The van der Waals surface area contributed by atoms with Gasteiger partial charge >= 0.3 is 0 Å². The Kier molecular flexibility index (Phi) is 7.74. The number of aryl methyl sites for hydroxylation is 1. The fraction of sp³-hybridized carbons (Fsp3) is 0.667. The van der Waals surface area contributed by atoms with Crippen LogP contribution in [-0.2, 0) is 19.1 Å². The van der Waals surface area contributed by atoms with Gasteiger partial charge in [0.25, 0.3) is 0 Å². The molecule has 0 radical (unpaired) electrons. The zero-order valence-corrected chi connectivity index (χ0v) is 25.0. The fourth-order valence-electron chi connectivity index (χ4n) is 8.23. The van der Waals surface area contributed by atoms with Gasteiger partial charge in [0, 0.05) is 30.9 Å². The Hall–Kier alpha value is -2.71. The van der Waals surface area contributed by atoms with E-state index >= 15 is 0 Å². The molecule has 4 heterocycles. The van der Waals surface area contributed by atoms with Crippen LogP contribution in [-0.4, -0.2) is 77.0 Å². The molecule has 2 N–H and O–H groups in total. The molecule has 0 aromatic heterocycles. The summed E-state index contributed by atoms with van der Waals surface area (Å²) in [4.78, 5) is 46.4. The first kappa shape index (κ1) is 28.4. The average molecular weight is 563 g/mol. The summed E-state index contributed by atoms with van der Waals surface area (Å²) in [5.41, 5.74) is 0.616. The van der Waals surface area contributed by atoms with Crippen molar-refractivity contribution in [3.8, 4) is 0 Å². The molecule has 5 aliphatic rings. The van der Waals surface area contributed by atoms with E-state index in [0.29, 0.717) is 36.7 Å². The van der Waals surface area contributed by atoms with Crippen molar-refractivity contribution in [2.24, 2.45) is 23.7 Å². The summed E-state index contributed by atoms with van der Waals surface area (Å²) in [6.45, 7) is 10.9. The summed E-state index contributed by atoms with van der Waals surface area (Å²) in [5, 5.41) is 6.39. The largest absolute Gasteiger partial charge is 0.359 e. The number of carbonyl (C=O) groups excluding carboxylic acids is 3. The Morgan fingerprint density at radius 1 is 1.05 bits per heavy atom. The molecule has 8 nitrogen and oxygen atoms in total. The molecule has 3 saturated heterocycles. The van der Waals surface area contributed by atoms with Gasteiger partial charge in [0.2, 0.25) is 17.7 Å². The van der Waals surface area contributed by atoms with Crippen LogP contribution in [0.3, 0.4) is 0 Å². The molecule has 1 aromatic rings. The van der Waals surface area contributed by atoms with E-state index in [-0.39, 0.29) is 23.8 Å². The van der Waals surface area contributed by atoms with Crippen LogP contribution >= 0.6 is 0 Å². The van der Waals surface area contributed by atoms with Gasteiger partial charge < -0.3 is 20.3 Å². The lowest BCUT2D eigenvalue weighted by atomic mass is 9.73. The number of likely N-dealkylation sites (tertiary alicyclic amines) is 2. The molecule has 1 saturated carbocycles. The fourth-order valence-corrected chi connectivity index (χ4v) is 8.23. The molecule has 1 spiro atoms. The molecule has 4 aliphatic heterocycles. The summed E-state index contributed by atoms with van der Waals surface area (Å²) >= 11 is 0. The maximum atomic E-state index is 14.3. The van der Waals surface area contributed by atoms with Crippen LogP contribution in [0.5, 0.6) is 0 Å². The van der Waals surface area contributed by atoms with Crippen molar-refractivity contribution >= 4 is 23.4 Å². The van der Waals surface area contributed by atoms with E-state index < -0.39 is 29.6 Å². The Morgan fingerprint density at radius 2 is 1.88 bits per heavy atom. The smallest absolute Gasteiger partial charge is 0.246 e. The number of nitrogens with one attached hydrogen (secondary N) is 2. The predicted octanol–water partition coefficient (Wildman–Crippen LogP) is 3.90. The van der Waals surface area contributed by atoms with Crippen LogP contribution in [0.2, 0.25) is 0 Å². The van der Waals surface area contributed by atoms with Crippen LogP contribution in [0.15, 0.2) is 36.4 Å². The van der Waals surface area contributed by atoms with E-state index in [9.17, 15) is 14.4 Å². The maximum absolute atomic E-state index is 14.3. The summed E-state index contributed by atoms with van der Waals surface area (Å²) in [6.07, 6.45) is 10.0. The topological polar surface area (TPSA) is 91.0 Å². The number of carbonyl (C=O) groups is 3. The number of fused-ring (bicyclic) bond motifs is 1. The molecule has 2 bridgehead atoms. The highest BCUT2D eigenvalue weighted by molar-refractivity contribution is 6.02. The van der Waals surface area contributed by atoms with E-state index in [1.807, 2.05) is 43.3 Å². The van der Waals surface area contributed by atoms with E-state index in [1.54, 1.807) is 4.90 Å². The van der Waals surface area contributed by atoms with Crippen molar-refractivity contribution in [1.82, 2.24) is 15.1 Å². The van der Waals surface area contributed by atoms with Crippen molar-refractivity contribution < 1.29 is 19.1 Å². The lowest BCUT2D eigenvalue weighted by Crippen LogP contribution is -2.58. The first-order valence-corrected chi connectivity index (χ1v) is 15.8. The monoisotopic (exact) mass is 562 g/mol. The minimum absolute atomic E-state index is 0.0729. The quantitative estimate of drug-likeness (QED) is 0.492. The number of nitrogens with zero attached hydrogens (tertiary/aromatic N) is 2. The summed E-state index contributed by atoms with van der Waals surface area (Å²) in [6, 6.07) is 7.40. The van der Waals surface area contributed by atoms with Gasteiger partial charge in [-0.25, -0.2) is 0 Å². The maximum Gasteiger partial charge on any atom is 0.246 e. The van der Waals surface area contributed by atoms with Gasteiger partial charge in [-0.3, -0.25) is 19.3 Å². The lowest BCUT2D eigenvalue weighted by Gasteiger charge is -2.39. The molecule has 0 unspecified atom stereocenters. The number of anilines is 1. The van der Waals surface area contributed by atoms with Crippen molar-refractivity contribution in [2.45, 2.75) is 96.1 Å². The highest BCUT2D eigenvalue weighted by Crippen LogP contribution is 2.55. The molecule has 4 fully saturated rings. The summed E-state index contributed by atoms with van der Waals surface area (Å²) in [7, 11) is 0. The Balaban J connectivity index is 1.28. The van der Waals surface area contributed by atoms with E-state index in [1.165, 1.54) is 12.8 Å². The van der Waals surface area contributed by atoms with Crippen LogP contribution < -0.4 is 10.6 Å². The molecule has 6 rings (SSSR count). The van der Waals surface area contributed by atoms with Gasteiger partial charge in [-0.15, -0.1) is 0 Å². The van der Waals surface area contributed by atoms with E-state index in [0.717, 1.165) is 37.8 Å². The molecule has 3 amide bonds. The van der Waals surface area contributed by atoms with Crippen LogP contribution in [0.25, 0.3) is 0 Å². The first-order valence-electron chi connectivity index (χ1n) is 15.8. The van der Waals surface area contributed by atoms with Gasteiger partial charge in [0.05, 0.1) is 17.9 Å². The standard InChI is InChI=1S/C33H46N4O4/c1-20-9-7-12-24(19-20)34-30(38)27-26-14-15-33(41-26)28(27)32(40)37(18-17-36-16-6-5-11-22(36)3)29(33)31(39)35-25-13-8-10-21(2)23(25)4/h7,9,12,14-15,19,21-23,25-29H,5-6,8,10-11,13,16-18H2,1-4H3,(H,34,38)(H,35,39)/t21-,22+,23-,25+,26-,27+,28-,29-,33-/m0/s1. The SMILES string of the molecule is Cc1cccc(NC(=O)[C@@H]2[C@@H]3C=C[C@]4(O3)[C@@H]2C(=O)N(CCN2CCCC[C@H]2C)[C@H]4C(=O)N[C@@H]2CCC[C@H](C)[C@@H]2C)c1. The minimum Gasteiger partial charge on any atom is -0.359 e. The highest BCUT2D eigenvalue weighted by atomic mass is 16.5. The molecule has 1 aromatic carbocycles. The van der Waals surface area contributed by atoms with E-state index in [4.69, 9.17) is 4.74 Å². The number of rotatable bonds is 7. The second-order valence-corrected chi connectivity index (χ2v) is 13.4. The number of hydrogen-bond acceptors (Lipinski definition) is 5.